The van der Waals surface area contributed by atoms with E-state index in [0.29, 0.717) is 25.6 Å². The Hall–Kier alpha value is -0.880. The second-order valence-corrected chi connectivity index (χ2v) is 5.80. The number of guanidine groups is 1. The molecule has 0 aliphatic heterocycles. The Bertz CT molecular complexity index is 528. The molecule has 0 bridgehead atoms. The molecule has 0 atom stereocenters. The number of aromatic nitrogens is 2. The minimum atomic E-state index is -3.14. The maximum atomic E-state index is 10.9. The predicted molar refractivity (Wildman–Crippen MR) is 89.7 cm³/mol. The molecule has 0 amide bonds. The highest BCUT2D eigenvalue weighted by Gasteiger charge is 2.02. The number of hydrogen-bond acceptors (Lipinski definition) is 4. The quantitative estimate of drug-likeness (QED) is 0.245. The first-order valence-electron chi connectivity index (χ1n) is 5.78. The molecule has 20 heavy (non-hydrogen) atoms. The van der Waals surface area contributed by atoms with Gasteiger partial charge >= 0.3 is 0 Å². The molecule has 0 radical (unpaired) electrons. The first-order valence-corrected chi connectivity index (χ1v) is 7.67. The Morgan fingerprint density at radius 2 is 2.10 bits per heavy atom. The van der Waals surface area contributed by atoms with Crippen LogP contribution in [0.15, 0.2) is 17.3 Å². The van der Waals surface area contributed by atoms with Crippen molar-refractivity contribution in [1.82, 2.24) is 25.1 Å². The van der Waals surface area contributed by atoms with Crippen molar-refractivity contribution in [3.63, 3.8) is 0 Å². The van der Waals surface area contributed by atoms with Crippen LogP contribution >= 0.6 is 24.0 Å². The van der Waals surface area contributed by atoms with Gasteiger partial charge in [0.25, 0.3) is 0 Å². The second kappa shape index (κ2) is 9.13. The number of aryl methyl sites for hydroxylation is 1. The van der Waals surface area contributed by atoms with Crippen LogP contribution in [0.2, 0.25) is 0 Å². The summed E-state index contributed by atoms with van der Waals surface area (Å²) >= 11 is 0. The van der Waals surface area contributed by atoms with E-state index in [9.17, 15) is 8.42 Å². The lowest BCUT2D eigenvalue weighted by atomic mass is 10.4. The Balaban J connectivity index is 0.00000361. The predicted octanol–water partition coefficient (Wildman–Crippen LogP) is -0.748. The third-order valence-electron chi connectivity index (χ3n) is 2.36. The second-order valence-electron chi connectivity index (χ2n) is 3.97. The molecule has 0 aromatic carbocycles. The molecule has 0 spiro atoms. The maximum absolute atomic E-state index is 10.9. The molecule has 0 saturated heterocycles. The zero-order valence-electron chi connectivity index (χ0n) is 11.8. The van der Waals surface area contributed by atoms with Gasteiger partial charge in [-0.15, -0.1) is 24.0 Å². The third-order valence-corrected chi connectivity index (χ3v) is 3.09. The van der Waals surface area contributed by atoms with Gasteiger partial charge in [-0.3, -0.25) is 9.67 Å². The molecule has 0 saturated carbocycles. The number of nitrogens with zero attached hydrogens (tertiary/aromatic N) is 3. The van der Waals surface area contributed by atoms with E-state index in [1.807, 2.05) is 13.1 Å². The van der Waals surface area contributed by atoms with Crippen LogP contribution in [0.5, 0.6) is 0 Å². The van der Waals surface area contributed by atoms with E-state index in [-0.39, 0.29) is 24.0 Å². The SMILES string of the molecule is CN=C(NCCNS(C)(=O)=O)NCc1ccnn1C.I. The van der Waals surface area contributed by atoms with Crippen LogP contribution in [0.4, 0.5) is 0 Å². The van der Waals surface area contributed by atoms with Crippen molar-refractivity contribution in [2.45, 2.75) is 6.54 Å². The van der Waals surface area contributed by atoms with Gasteiger partial charge in [-0.25, -0.2) is 13.1 Å². The summed E-state index contributed by atoms with van der Waals surface area (Å²) in [5, 5.41) is 10.2. The minimum Gasteiger partial charge on any atom is -0.355 e. The third kappa shape index (κ3) is 7.65. The highest BCUT2D eigenvalue weighted by molar-refractivity contribution is 14.0. The molecule has 1 aromatic heterocycles. The molecule has 0 fully saturated rings. The smallest absolute Gasteiger partial charge is 0.208 e. The molecule has 3 N–H and O–H groups in total. The van der Waals surface area contributed by atoms with Crippen LogP contribution in [0.1, 0.15) is 5.69 Å². The fraction of sp³-hybridized carbons (Fsp3) is 0.600. The van der Waals surface area contributed by atoms with Gasteiger partial charge in [0.15, 0.2) is 5.96 Å². The van der Waals surface area contributed by atoms with Crippen LogP contribution in [0.25, 0.3) is 0 Å². The van der Waals surface area contributed by atoms with Crippen molar-refractivity contribution < 1.29 is 8.42 Å². The number of sulfonamides is 1. The van der Waals surface area contributed by atoms with Gasteiger partial charge in [-0.05, 0) is 6.07 Å². The fourth-order valence-corrected chi connectivity index (χ4v) is 1.86. The van der Waals surface area contributed by atoms with Crippen LogP contribution < -0.4 is 15.4 Å². The summed E-state index contributed by atoms with van der Waals surface area (Å²) in [6, 6.07) is 1.91. The monoisotopic (exact) mass is 416 g/mol. The molecular formula is C10H21IN6O2S. The fourth-order valence-electron chi connectivity index (χ4n) is 1.39. The van der Waals surface area contributed by atoms with Gasteiger partial charge < -0.3 is 10.6 Å². The van der Waals surface area contributed by atoms with E-state index in [2.05, 4.69) is 25.4 Å². The number of nitrogens with one attached hydrogen (secondary N) is 3. The maximum Gasteiger partial charge on any atom is 0.208 e. The molecule has 1 rings (SSSR count). The lowest BCUT2D eigenvalue weighted by molar-refractivity contribution is 0.586. The Labute approximate surface area is 136 Å². The van der Waals surface area contributed by atoms with Gasteiger partial charge in [0, 0.05) is 33.4 Å². The average Bonchev–Trinajstić information content (AvgIpc) is 2.73. The highest BCUT2D eigenvalue weighted by Crippen LogP contribution is 1.94. The van der Waals surface area contributed by atoms with E-state index < -0.39 is 10.0 Å². The van der Waals surface area contributed by atoms with Crippen molar-refractivity contribution in [3.05, 3.63) is 18.0 Å². The topological polar surface area (TPSA) is 100 Å². The van der Waals surface area contributed by atoms with Crippen LogP contribution in [0, 0.1) is 0 Å². The van der Waals surface area contributed by atoms with Crippen LogP contribution in [-0.2, 0) is 23.6 Å². The number of aliphatic imine (C=N–C) groups is 1. The lowest BCUT2D eigenvalue weighted by Crippen LogP contribution is -2.41. The molecule has 0 aliphatic rings. The van der Waals surface area contributed by atoms with Crippen molar-refractivity contribution in [3.8, 4) is 0 Å². The number of rotatable bonds is 6. The van der Waals surface area contributed by atoms with Gasteiger partial charge in [0.2, 0.25) is 10.0 Å². The van der Waals surface area contributed by atoms with Gasteiger partial charge in [0.1, 0.15) is 0 Å². The molecule has 0 unspecified atom stereocenters. The Morgan fingerprint density at radius 3 is 2.60 bits per heavy atom. The molecule has 1 aromatic rings. The van der Waals surface area contributed by atoms with Crippen LogP contribution in [0.3, 0.4) is 0 Å². The summed E-state index contributed by atoms with van der Waals surface area (Å²) in [4.78, 5) is 4.04. The Kier molecular flexibility index (Phi) is 8.73. The summed E-state index contributed by atoms with van der Waals surface area (Å²) in [5.74, 6) is 0.608. The summed E-state index contributed by atoms with van der Waals surface area (Å²) in [6.45, 7) is 1.36. The summed E-state index contributed by atoms with van der Waals surface area (Å²) in [5.41, 5.74) is 1.03. The normalized spacial score (nSPS) is 11.8. The van der Waals surface area contributed by atoms with Crippen molar-refractivity contribution >= 4 is 40.0 Å². The standard InChI is InChI=1S/C10H20N6O2S.HI/c1-11-10(12-6-7-15-19(3,17)18)13-8-9-4-5-14-16(9)2;/h4-5,15H,6-8H2,1-3H3,(H2,11,12,13);1H. The number of halogens is 1. The van der Waals surface area contributed by atoms with E-state index in [1.54, 1.807) is 17.9 Å². The lowest BCUT2D eigenvalue weighted by Gasteiger charge is -2.12. The molecule has 1 heterocycles. The first-order chi connectivity index (χ1) is 8.92. The van der Waals surface area contributed by atoms with Gasteiger partial charge in [-0.1, -0.05) is 0 Å². The van der Waals surface area contributed by atoms with E-state index in [4.69, 9.17) is 0 Å². The first kappa shape index (κ1) is 19.1. The minimum absolute atomic E-state index is 0. The van der Waals surface area contributed by atoms with Crippen molar-refractivity contribution in [2.24, 2.45) is 12.0 Å². The van der Waals surface area contributed by atoms with Crippen molar-refractivity contribution in [1.29, 1.82) is 0 Å². The Morgan fingerprint density at radius 1 is 1.40 bits per heavy atom. The summed E-state index contributed by atoms with van der Waals surface area (Å²) < 4.78 is 25.9. The molecule has 0 aliphatic carbocycles. The zero-order valence-corrected chi connectivity index (χ0v) is 14.9. The van der Waals surface area contributed by atoms with E-state index >= 15 is 0 Å². The average molecular weight is 416 g/mol. The van der Waals surface area contributed by atoms with Gasteiger partial charge in [-0.2, -0.15) is 5.10 Å². The summed E-state index contributed by atoms with van der Waals surface area (Å²) in [6.07, 6.45) is 2.85. The van der Waals surface area contributed by atoms with E-state index in [1.165, 1.54) is 0 Å². The van der Waals surface area contributed by atoms with Gasteiger partial charge in [0.05, 0.1) is 18.5 Å². The molecule has 10 heteroatoms. The zero-order chi connectivity index (χ0) is 14.3. The largest absolute Gasteiger partial charge is 0.355 e. The summed E-state index contributed by atoms with van der Waals surface area (Å²) in [7, 11) is 0.376. The molecular weight excluding hydrogens is 395 g/mol. The van der Waals surface area contributed by atoms with E-state index in [0.717, 1.165) is 11.9 Å². The molecule has 8 nitrogen and oxygen atoms in total. The highest BCUT2D eigenvalue weighted by atomic mass is 127. The van der Waals surface area contributed by atoms with Crippen LogP contribution in [-0.4, -0.2) is 50.6 Å². The molecule has 116 valence electrons. The van der Waals surface area contributed by atoms with Crippen molar-refractivity contribution in [2.75, 3.05) is 26.4 Å². The number of hydrogen-bond donors (Lipinski definition) is 3.